The number of aliphatic hydroxyl groups is 1. The number of benzene rings is 3. The molecular weight excluding hydrogens is 452 g/mol. The molecule has 0 spiro atoms. The zero-order chi connectivity index (χ0) is 25.8. The number of rotatable bonds is 8. The highest BCUT2D eigenvalue weighted by Crippen LogP contribution is 2.40. The van der Waals surface area contributed by atoms with Crippen LogP contribution in [0.4, 0.5) is 0 Å². The summed E-state index contributed by atoms with van der Waals surface area (Å²) in [5.41, 5.74) is 4.29. The summed E-state index contributed by atoms with van der Waals surface area (Å²) in [6.07, 6.45) is 0. The van der Waals surface area contributed by atoms with Crippen LogP contribution in [0.25, 0.3) is 5.76 Å². The molecule has 0 unspecified atom stereocenters. The van der Waals surface area contributed by atoms with Crippen LogP contribution in [0.15, 0.2) is 78.4 Å². The molecule has 0 saturated carbocycles. The second kappa shape index (κ2) is 10.8. The Bertz CT molecular complexity index is 1280. The highest BCUT2D eigenvalue weighted by Gasteiger charge is 2.46. The van der Waals surface area contributed by atoms with Crippen molar-refractivity contribution in [2.75, 3.05) is 27.2 Å². The standard InChI is InChI=1S/C30H32N2O4/c1-20-10-12-23(13-11-20)27-26(29(34)30(35)32(27)17-16-31(3)4)28(33)25-15-14-24(18-21(25)2)36-19-22-8-6-5-7-9-22/h5-15,18,27,33H,16-17,19H2,1-4H3/t27-/m0/s1. The molecule has 3 aromatic rings. The van der Waals surface area contributed by atoms with Crippen molar-refractivity contribution in [3.63, 3.8) is 0 Å². The lowest BCUT2D eigenvalue weighted by Crippen LogP contribution is -2.35. The van der Waals surface area contributed by atoms with Gasteiger partial charge >= 0.3 is 0 Å². The molecule has 1 aliphatic heterocycles. The van der Waals surface area contributed by atoms with E-state index in [-0.39, 0.29) is 11.3 Å². The molecule has 0 radical (unpaired) electrons. The number of ketones is 1. The predicted octanol–water partition coefficient (Wildman–Crippen LogP) is 4.87. The maximum atomic E-state index is 13.2. The third-order valence-corrected chi connectivity index (χ3v) is 6.42. The Morgan fingerprint density at radius 2 is 1.67 bits per heavy atom. The van der Waals surface area contributed by atoms with Crippen molar-refractivity contribution in [2.24, 2.45) is 0 Å². The molecule has 1 saturated heterocycles. The van der Waals surface area contributed by atoms with Crippen LogP contribution in [-0.4, -0.2) is 53.8 Å². The van der Waals surface area contributed by atoms with Crippen LogP contribution in [0.5, 0.6) is 5.75 Å². The molecule has 186 valence electrons. The Hall–Kier alpha value is -3.90. The molecule has 0 aromatic heterocycles. The van der Waals surface area contributed by atoms with Crippen LogP contribution in [-0.2, 0) is 16.2 Å². The fraction of sp³-hybridized carbons (Fsp3) is 0.267. The summed E-state index contributed by atoms with van der Waals surface area (Å²) < 4.78 is 5.91. The minimum atomic E-state index is -0.666. The third-order valence-electron chi connectivity index (χ3n) is 6.42. The smallest absolute Gasteiger partial charge is 0.295 e. The quantitative estimate of drug-likeness (QED) is 0.281. The summed E-state index contributed by atoms with van der Waals surface area (Å²) in [5, 5.41) is 11.4. The van der Waals surface area contributed by atoms with Gasteiger partial charge in [0.25, 0.3) is 11.7 Å². The van der Waals surface area contributed by atoms with Gasteiger partial charge in [0.05, 0.1) is 11.6 Å². The number of nitrogens with zero attached hydrogens (tertiary/aromatic N) is 2. The minimum Gasteiger partial charge on any atom is -0.507 e. The second-order valence-corrected chi connectivity index (χ2v) is 9.46. The average Bonchev–Trinajstić information content (AvgIpc) is 3.12. The molecular formula is C30H32N2O4. The molecule has 3 aromatic carbocycles. The zero-order valence-corrected chi connectivity index (χ0v) is 21.2. The van der Waals surface area contributed by atoms with Gasteiger partial charge < -0.3 is 19.6 Å². The van der Waals surface area contributed by atoms with E-state index in [1.807, 2.05) is 93.5 Å². The molecule has 1 amide bonds. The van der Waals surface area contributed by atoms with Crippen LogP contribution in [0.2, 0.25) is 0 Å². The molecule has 6 heteroatoms. The minimum absolute atomic E-state index is 0.115. The fourth-order valence-electron chi connectivity index (χ4n) is 4.39. The van der Waals surface area contributed by atoms with Gasteiger partial charge in [-0.2, -0.15) is 0 Å². The van der Waals surface area contributed by atoms with E-state index in [4.69, 9.17) is 4.74 Å². The maximum Gasteiger partial charge on any atom is 0.295 e. The fourth-order valence-corrected chi connectivity index (χ4v) is 4.39. The molecule has 1 fully saturated rings. The molecule has 36 heavy (non-hydrogen) atoms. The van der Waals surface area contributed by atoms with Gasteiger partial charge in [0, 0.05) is 18.7 Å². The monoisotopic (exact) mass is 484 g/mol. The van der Waals surface area contributed by atoms with Crippen LogP contribution in [0.1, 0.15) is 33.9 Å². The molecule has 6 nitrogen and oxygen atoms in total. The number of likely N-dealkylation sites (tertiary alicyclic amines) is 1. The van der Waals surface area contributed by atoms with Gasteiger partial charge in [0.2, 0.25) is 0 Å². The number of hydrogen-bond donors (Lipinski definition) is 1. The summed E-state index contributed by atoms with van der Waals surface area (Å²) >= 11 is 0. The topological polar surface area (TPSA) is 70.1 Å². The van der Waals surface area contributed by atoms with Gasteiger partial charge in [-0.25, -0.2) is 0 Å². The van der Waals surface area contributed by atoms with E-state index < -0.39 is 17.7 Å². The first-order chi connectivity index (χ1) is 17.3. The molecule has 1 N–H and O–H groups in total. The number of amides is 1. The molecule has 1 aliphatic rings. The maximum absolute atomic E-state index is 13.2. The van der Waals surface area contributed by atoms with Gasteiger partial charge in [0.15, 0.2) is 0 Å². The molecule has 0 bridgehead atoms. The van der Waals surface area contributed by atoms with Crippen molar-refractivity contribution in [1.82, 2.24) is 9.80 Å². The third kappa shape index (κ3) is 5.34. The van der Waals surface area contributed by atoms with Gasteiger partial charge in [-0.3, -0.25) is 9.59 Å². The first-order valence-electron chi connectivity index (χ1n) is 12.0. The van der Waals surface area contributed by atoms with Gasteiger partial charge in [-0.05, 0) is 62.8 Å². The van der Waals surface area contributed by atoms with Crippen molar-refractivity contribution in [3.8, 4) is 5.75 Å². The summed E-state index contributed by atoms with van der Waals surface area (Å²) in [4.78, 5) is 29.8. The van der Waals surface area contributed by atoms with Crippen molar-refractivity contribution in [3.05, 3.63) is 106 Å². The van der Waals surface area contributed by atoms with Crippen LogP contribution in [0, 0.1) is 13.8 Å². The summed E-state index contributed by atoms with van der Waals surface area (Å²) in [6, 6.07) is 22.3. The number of aryl methyl sites for hydroxylation is 2. The lowest BCUT2D eigenvalue weighted by molar-refractivity contribution is -0.140. The Morgan fingerprint density at radius 1 is 0.972 bits per heavy atom. The van der Waals surface area contributed by atoms with E-state index in [0.717, 1.165) is 22.3 Å². The lowest BCUT2D eigenvalue weighted by atomic mass is 9.93. The van der Waals surface area contributed by atoms with Crippen molar-refractivity contribution >= 4 is 17.4 Å². The average molecular weight is 485 g/mol. The number of carbonyl (C=O) groups excluding carboxylic acids is 2. The normalized spacial score (nSPS) is 17.1. The second-order valence-electron chi connectivity index (χ2n) is 9.46. The highest BCUT2D eigenvalue weighted by atomic mass is 16.5. The molecule has 0 aliphatic carbocycles. The van der Waals surface area contributed by atoms with Crippen LogP contribution in [0.3, 0.4) is 0 Å². The first-order valence-corrected chi connectivity index (χ1v) is 12.0. The Morgan fingerprint density at radius 3 is 2.31 bits per heavy atom. The van der Waals surface area contributed by atoms with E-state index in [9.17, 15) is 14.7 Å². The zero-order valence-electron chi connectivity index (χ0n) is 21.2. The van der Waals surface area contributed by atoms with Gasteiger partial charge in [-0.1, -0.05) is 60.2 Å². The molecule has 4 rings (SSSR count). The molecule has 1 heterocycles. The van der Waals surface area contributed by atoms with E-state index in [0.29, 0.717) is 31.0 Å². The molecule has 1 atom stereocenters. The van der Waals surface area contributed by atoms with E-state index in [2.05, 4.69) is 0 Å². The number of likely N-dealkylation sites (N-methyl/N-ethyl adjacent to an activating group) is 1. The van der Waals surface area contributed by atoms with E-state index >= 15 is 0 Å². The predicted molar refractivity (Wildman–Crippen MR) is 141 cm³/mol. The lowest BCUT2D eigenvalue weighted by Gasteiger charge is -2.26. The number of ether oxygens (including phenoxy) is 1. The number of hydrogen-bond acceptors (Lipinski definition) is 5. The number of carbonyl (C=O) groups is 2. The van der Waals surface area contributed by atoms with E-state index in [1.165, 1.54) is 0 Å². The Balaban J connectivity index is 1.70. The summed E-state index contributed by atoms with van der Waals surface area (Å²) in [6.45, 7) is 5.24. The van der Waals surface area contributed by atoms with Crippen LogP contribution < -0.4 is 4.74 Å². The Labute approximate surface area is 212 Å². The van der Waals surface area contributed by atoms with E-state index in [1.54, 1.807) is 17.0 Å². The van der Waals surface area contributed by atoms with Gasteiger partial charge in [-0.15, -0.1) is 0 Å². The summed E-state index contributed by atoms with van der Waals surface area (Å²) in [7, 11) is 3.84. The largest absolute Gasteiger partial charge is 0.507 e. The number of Topliss-reactive ketones (excluding diaryl/α,β-unsaturated/α-hetero) is 1. The van der Waals surface area contributed by atoms with Crippen molar-refractivity contribution in [2.45, 2.75) is 26.5 Å². The SMILES string of the molecule is Cc1ccc([C@H]2C(=C(O)c3ccc(OCc4ccccc4)cc3C)C(=O)C(=O)N2CCN(C)C)cc1. The summed E-state index contributed by atoms with van der Waals surface area (Å²) in [5.74, 6) is -0.766. The first kappa shape index (κ1) is 25.2. The Kier molecular flexibility index (Phi) is 7.55. The van der Waals surface area contributed by atoms with Crippen molar-refractivity contribution < 1.29 is 19.4 Å². The van der Waals surface area contributed by atoms with Crippen molar-refractivity contribution in [1.29, 1.82) is 0 Å². The van der Waals surface area contributed by atoms with Crippen LogP contribution >= 0.6 is 0 Å². The highest BCUT2D eigenvalue weighted by molar-refractivity contribution is 6.46. The number of aliphatic hydroxyl groups excluding tert-OH is 1. The van der Waals surface area contributed by atoms with Gasteiger partial charge in [0.1, 0.15) is 18.1 Å².